The normalized spacial score (nSPS) is 18.7. The molecule has 31 heavy (non-hydrogen) atoms. The topological polar surface area (TPSA) is 71.3 Å². The van der Waals surface area contributed by atoms with Crippen molar-refractivity contribution in [3.8, 4) is 17.6 Å². The highest BCUT2D eigenvalue weighted by atomic mass is 19.1. The first kappa shape index (κ1) is 22.4. The molecule has 5 nitrogen and oxygen atoms in total. The van der Waals surface area contributed by atoms with Gasteiger partial charge >= 0.3 is 0 Å². The minimum Gasteiger partial charge on any atom is -0.493 e. The number of ether oxygens (including phenoxy) is 2. The van der Waals surface area contributed by atoms with Crippen molar-refractivity contribution in [2.24, 2.45) is 5.92 Å². The molecular weight excluding hydrogens is 395 g/mol. The molecule has 0 heterocycles. The fourth-order valence-corrected chi connectivity index (χ4v) is 3.73. The van der Waals surface area contributed by atoms with E-state index in [0.717, 1.165) is 24.8 Å². The molecule has 0 saturated heterocycles. The van der Waals surface area contributed by atoms with Crippen molar-refractivity contribution >= 4 is 12.0 Å². The van der Waals surface area contributed by atoms with Crippen molar-refractivity contribution in [2.45, 2.75) is 45.3 Å². The molecule has 0 aliphatic heterocycles. The van der Waals surface area contributed by atoms with E-state index in [4.69, 9.17) is 9.47 Å². The number of hydrogen-bond acceptors (Lipinski definition) is 4. The summed E-state index contributed by atoms with van der Waals surface area (Å²) in [6.07, 6.45) is 5.86. The van der Waals surface area contributed by atoms with Gasteiger partial charge in [0.05, 0.1) is 7.11 Å². The molecule has 2 aromatic rings. The Morgan fingerprint density at radius 1 is 1.19 bits per heavy atom. The quantitative estimate of drug-likeness (QED) is 0.503. The number of nitriles is 1. The number of carbonyl (C=O) groups is 1. The third-order valence-electron chi connectivity index (χ3n) is 5.60. The van der Waals surface area contributed by atoms with Gasteiger partial charge in [-0.05, 0) is 60.2 Å². The summed E-state index contributed by atoms with van der Waals surface area (Å²) in [6, 6.07) is 13.4. The maximum Gasteiger partial charge on any atom is 0.262 e. The molecule has 162 valence electrons. The summed E-state index contributed by atoms with van der Waals surface area (Å²) >= 11 is 0. The average molecular weight is 423 g/mol. The van der Waals surface area contributed by atoms with Gasteiger partial charge in [-0.15, -0.1) is 0 Å². The predicted molar refractivity (Wildman–Crippen MR) is 117 cm³/mol. The number of nitrogens with zero attached hydrogens (tertiary/aromatic N) is 1. The van der Waals surface area contributed by atoms with E-state index in [1.165, 1.54) is 25.7 Å². The molecule has 0 unspecified atom stereocenters. The molecule has 0 spiro atoms. The molecule has 1 saturated carbocycles. The molecule has 0 radical (unpaired) electrons. The van der Waals surface area contributed by atoms with Gasteiger partial charge in [-0.3, -0.25) is 4.79 Å². The highest BCUT2D eigenvalue weighted by Crippen LogP contribution is 2.30. The fraction of sp³-hybridized carbons (Fsp3) is 0.360. The zero-order valence-corrected chi connectivity index (χ0v) is 17.9. The first-order valence-electron chi connectivity index (χ1n) is 10.5. The molecule has 6 heteroatoms. The van der Waals surface area contributed by atoms with Crippen LogP contribution in [-0.4, -0.2) is 19.1 Å². The lowest BCUT2D eigenvalue weighted by molar-refractivity contribution is -0.118. The van der Waals surface area contributed by atoms with Crippen LogP contribution >= 0.6 is 0 Å². The molecule has 1 N–H and O–H groups in total. The summed E-state index contributed by atoms with van der Waals surface area (Å²) in [5.74, 6) is 0.761. The first-order valence-corrected chi connectivity index (χ1v) is 10.5. The zero-order chi connectivity index (χ0) is 22.2. The van der Waals surface area contributed by atoms with Gasteiger partial charge < -0.3 is 14.8 Å². The van der Waals surface area contributed by atoms with Crippen LogP contribution in [0, 0.1) is 23.1 Å². The van der Waals surface area contributed by atoms with E-state index in [1.54, 1.807) is 36.4 Å². The van der Waals surface area contributed by atoms with Crippen LogP contribution in [0.1, 0.15) is 43.7 Å². The Balaban J connectivity index is 1.70. The van der Waals surface area contributed by atoms with Crippen molar-refractivity contribution in [3.05, 3.63) is 65.0 Å². The molecule has 1 amide bonds. The van der Waals surface area contributed by atoms with Gasteiger partial charge in [0.25, 0.3) is 5.91 Å². The Labute approximate surface area is 182 Å². The van der Waals surface area contributed by atoms with Crippen molar-refractivity contribution in [1.29, 1.82) is 5.26 Å². The maximum absolute atomic E-state index is 13.0. The maximum atomic E-state index is 13.0. The SMILES string of the molecule is COc1cc(/C=C(\C#N)C(=O)N[C@@H]2CCCC[C@@H]2C)ccc1OCc1ccc(F)cc1. The molecule has 1 fully saturated rings. The van der Waals surface area contributed by atoms with Gasteiger partial charge in [-0.1, -0.05) is 38.0 Å². The van der Waals surface area contributed by atoms with E-state index in [-0.39, 0.29) is 29.9 Å². The lowest BCUT2D eigenvalue weighted by Gasteiger charge is -2.29. The number of rotatable bonds is 7. The highest BCUT2D eigenvalue weighted by Gasteiger charge is 2.24. The van der Waals surface area contributed by atoms with Crippen LogP contribution < -0.4 is 14.8 Å². The third-order valence-corrected chi connectivity index (χ3v) is 5.60. The van der Waals surface area contributed by atoms with Gasteiger partial charge in [0.2, 0.25) is 0 Å². The monoisotopic (exact) mass is 422 g/mol. The highest BCUT2D eigenvalue weighted by molar-refractivity contribution is 6.01. The minimum atomic E-state index is -0.350. The van der Waals surface area contributed by atoms with Gasteiger partial charge in [-0.2, -0.15) is 5.26 Å². The Morgan fingerprint density at radius 3 is 2.61 bits per heavy atom. The van der Waals surface area contributed by atoms with E-state index < -0.39 is 0 Å². The number of methoxy groups -OCH3 is 1. The summed E-state index contributed by atoms with van der Waals surface area (Å²) in [4.78, 5) is 12.6. The lowest BCUT2D eigenvalue weighted by Crippen LogP contribution is -2.41. The zero-order valence-electron chi connectivity index (χ0n) is 17.9. The number of hydrogen-bond donors (Lipinski definition) is 1. The van der Waals surface area contributed by atoms with Crippen LogP contribution in [0.3, 0.4) is 0 Å². The lowest BCUT2D eigenvalue weighted by atomic mass is 9.86. The van der Waals surface area contributed by atoms with Crippen molar-refractivity contribution < 1.29 is 18.7 Å². The number of halogens is 1. The molecule has 0 bridgehead atoms. The Bertz CT molecular complexity index is 979. The Morgan fingerprint density at radius 2 is 1.94 bits per heavy atom. The predicted octanol–water partition coefficient (Wildman–Crippen LogP) is 5.02. The number of amides is 1. The third kappa shape index (κ3) is 6.08. The first-order chi connectivity index (χ1) is 15.0. The van der Waals surface area contributed by atoms with E-state index >= 15 is 0 Å². The van der Waals surface area contributed by atoms with Crippen LogP contribution in [0.15, 0.2) is 48.0 Å². The summed E-state index contributed by atoms with van der Waals surface area (Å²) in [7, 11) is 1.52. The Hall–Kier alpha value is -3.33. The van der Waals surface area contributed by atoms with Gasteiger partial charge in [0, 0.05) is 6.04 Å². The van der Waals surface area contributed by atoms with Crippen LogP contribution in [0.25, 0.3) is 6.08 Å². The summed E-state index contributed by atoms with van der Waals surface area (Å²) in [6.45, 7) is 2.40. The summed E-state index contributed by atoms with van der Waals surface area (Å²) in [5.41, 5.74) is 1.54. The van der Waals surface area contributed by atoms with E-state index in [9.17, 15) is 14.4 Å². The van der Waals surface area contributed by atoms with Gasteiger partial charge in [-0.25, -0.2) is 4.39 Å². The number of benzene rings is 2. The van der Waals surface area contributed by atoms with Gasteiger partial charge in [0.1, 0.15) is 24.1 Å². The Kier molecular flexibility index (Phi) is 7.66. The summed E-state index contributed by atoms with van der Waals surface area (Å²) in [5, 5.41) is 12.5. The fourth-order valence-electron chi connectivity index (χ4n) is 3.73. The second kappa shape index (κ2) is 10.6. The molecule has 1 aliphatic rings. The van der Waals surface area contributed by atoms with Crippen molar-refractivity contribution in [2.75, 3.05) is 7.11 Å². The van der Waals surface area contributed by atoms with E-state index in [1.807, 2.05) is 6.07 Å². The van der Waals surface area contributed by atoms with Crippen molar-refractivity contribution in [3.63, 3.8) is 0 Å². The molecule has 1 aliphatic carbocycles. The second-order valence-corrected chi connectivity index (χ2v) is 7.84. The van der Waals surface area contributed by atoms with Gasteiger partial charge in [0.15, 0.2) is 11.5 Å². The van der Waals surface area contributed by atoms with Crippen LogP contribution in [0.5, 0.6) is 11.5 Å². The summed E-state index contributed by atoms with van der Waals surface area (Å²) < 4.78 is 24.2. The number of carbonyl (C=O) groups excluding carboxylic acids is 1. The smallest absolute Gasteiger partial charge is 0.262 e. The standard InChI is InChI=1S/C25H27FN2O3/c1-17-5-3-4-6-22(17)28-25(29)20(15-27)13-19-9-12-23(24(14-19)30-2)31-16-18-7-10-21(26)11-8-18/h7-14,17,22H,3-6,16H2,1-2H3,(H,28,29)/b20-13+/t17-,22+/m0/s1. The van der Waals surface area contributed by atoms with E-state index in [0.29, 0.717) is 23.0 Å². The van der Waals surface area contributed by atoms with Crippen LogP contribution in [0.4, 0.5) is 4.39 Å². The molecule has 0 aromatic heterocycles. The van der Waals surface area contributed by atoms with E-state index in [2.05, 4.69) is 12.2 Å². The van der Waals surface area contributed by atoms with Crippen LogP contribution in [-0.2, 0) is 11.4 Å². The molecule has 3 rings (SSSR count). The van der Waals surface area contributed by atoms with Crippen LogP contribution in [0.2, 0.25) is 0 Å². The second-order valence-electron chi connectivity index (χ2n) is 7.84. The molecule has 2 aromatic carbocycles. The minimum absolute atomic E-state index is 0.0554. The molecular formula is C25H27FN2O3. The average Bonchev–Trinajstić information content (AvgIpc) is 2.78. The number of nitrogens with one attached hydrogen (secondary N) is 1. The van der Waals surface area contributed by atoms with Crippen molar-refractivity contribution in [1.82, 2.24) is 5.32 Å². The molecule has 2 atom stereocenters. The largest absolute Gasteiger partial charge is 0.493 e.